The molecule has 3 rings (SSSR count). The summed E-state index contributed by atoms with van der Waals surface area (Å²) in [5, 5.41) is 2.92. The number of aromatic nitrogens is 1. The van der Waals surface area contributed by atoms with E-state index in [1.54, 1.807) is 36.3 Å². The Labute approximate surface area is 170 Å². The van der Waals surface area contributed by atoms with Gasteiger partial charge in [-0.15, -0.1) is 11.3 Å². The van der Waals surface area contributed by atoms with Crippen molar-refractivity contribution < 1.29 is 13.2 Å². The SMILES string of the molecule is Cc1cc(C)c(S(=O)(=O)NCCC(=O)N2CCN(c3nccs3)CC2)c(C)c1. The molecule has 7 nitrogen and oxygen atoms in total. The standard InChI is InChI=1S/C19H26N4O3S2/c1-14-12-15(2)18(16(3)13-14)28(25,26)21-5-4-17(24)22-7-9-23(10-8-22)19-20-6-11-27-19/h6,11-13,21H,4-5,7-10H2,1-3H3. The minimum absolute atomic E-state index is 0.0289. The van der Waals surface area contributed by atoms with Gasteiger partial charge < -0.3 is 9.80 Å². The van der Waals surface area contributed by atoms with Gasteiger partial charge in [0, 0.05) is 50.7 Å². The summed E-state index contributed by atoms with van der Waals surface area (Å²) in [5.41, 5.74) is 2.46. The van der Waals surface area contributed by atoms with Gasteiger partial charge in [-0.05, 0) is 31.9 Å². The van der Waals surface area contributed by atoms with Gasteiger partial charge in [0.15, 0.2) is 5.13 Å². The van der Waals surface area contributed by atoms with Crippen LogP contribution in [0, 0.1) is 20.8 Å². The molecule has 1 aliphatic heterocycles. The Morgan fingerprint density at radius 3 is 2.36 bits per heavy atom. The fourth-order valence-electron chi connectivity index (χ4n) is 3.63. The van der Waals surface area contributed by atoms with Gasteiger partial charge >= 0.3 is 0 Å². The number of thiazole rings is 1. The minimum Gasteiger partial charge on any atom is -0.345 e. The van der Waals surface area contributed by atoms with E-state index in [9.17, 15) is 13.2 Å². The van der Waals surface area contributed by atoms with E-state index in [4.69, 9.17) is 0 Å². The highest BCUT2D eigenvalue weighted by Crippen LogP contribution is 2.22. The van der Waals surface area contributed by atoms with Crippen LogP contribution in [0.25, 0.3) is 0 Å². The summed E-state index contributed by atoms with van der Waals surface area (Å²) in [6.07, 6.45) is 1.93. The first-order chi connectivity index (χ1) is 13.3. The maximum absolute atomic E-state index is 12.7. The van der Waals surface area contributed by atoms with Crippen molar-refractivity contribution in [1.82, 2.24) is 14.6 Å². The first kappa shape index (κ1) is 20.8. The van der Waals surface area contributed by atoms with Crippen molar-refractivity contribution >= 4 is 32.4 Å². The lowest BCUT2D eigenvalue weighted by molar-refractivity contribution is -0.131. The van der Waals surface area contributed by atoms with Crippen molar-refractivity contribution in [2.75, 3.05) is 37.6 Å². The maximum atomic E-state index is 12.7. The Morgan fingerprint density at radius 2 is 1.79 bits per heavy atom. The van der Waals surface area contributed by atoms with E-state index in [2.05, 4.69) is 14.6 Å². The predicted octanol–water partition coefficient (Wildman–Crippen LogP) is 2.09. The molecular weight excluding hydrogens is 396 g/mol. The van der Waals surface area contributed by atoms with Crippen molar-refractivity contribution in [3.8, 4) is 0 Å². The molecule has 9 heteroatoms. The number of nitrogens with zero attached hydrogens (tertiary/aromatic N) is 3. The van der Waals surface area contributed by atoms with Crippen LogP contribution in [-0.2, 0) is 14.8 Å². The van der Waals surface area contributed by atoms with Crippen molar-refractivity contribution in [3.63, 3.8) is 0 Å². The molecule has 1 saturated heterocycles. The van der Waals surface area contributed by atoms with Crippen LogP contribution in [0.15, 0.2) is 28.6 Å². The molecule has 2 aromatic rings. The lowest BCUT2D eigenvalue weighted by Crippen LogP contribution is -2.49. The minimum atomic E-state index is -3.64. The maximum Gasteiger partial charge on any atom is 0.241 e. The van der Waals surface area contributed by atoms with Crippen molar-refractivity contribution in [2.45, 2.75) is 32.1 Å². The Bertz CT molecular complexity index is 911. The van der Waals surface area contributed by atoms with Crippen LogP contribution in [0.3, 0.4) is 0 Å². The molecule has 2 heterocycles. The zero-order valence-corrected chi connectivity index (χ0v) is 18.1. The molecule has 0 spiro atoms. The molecule has 1 aromatic heterocycles. The van der Waals surface area contributed by atoms with Crippen LogP contribution in [-0.4, -0.2) is 56.9 Å². The summed E-state index contributed by atoms with van der Waals surface area (Å²) in [5.74, 6) is -0.0289. The van der Waals surface area contributed by atoms with Gasteiger partial charge in [-0.1, -0.05) is 17.7 Å². The van der Waals surface area contributed by atoms with E-state index in [-0.39, 0.29) is 18.9 Å². The number of hydrogen-bond acceptors (Lipinski definition) is 6. The molecule has 1 fully saturated rings. The number of piperazine rings is 1. The third-order valence-electron chi connectivity index (χ3n) is 4.83. The third kappa shape index (κ3) is 4.71. The van der Waals surface area contributed by atoms with Gasteiger partial charge in [0.05, 0.1) is 4.90 Å². The quantitative estimate of drug-likeness (QED) is 0.771. The Hall–Kier alpha value is -1.97. The highest BCUT2D eigenvalue weighted by molar-refractivity contribution is 7.89. The molecule has 0 unspecified atom stereocenters. The molecule has 0 atom stereocenters. The van der Waals surface area contributed by atoms with Crippen LogP contribution in [0.5, 0.6) is 0 Å². The van der Waals surface area contributed by atoms with Gasteiger partial charge in [-0.25, -0.2) is 18.1 Å². The molecule has 0 radical (unpaired) electrons. The van der Waals surface area contributed by atoms with E-state index >= 15 is 0 Å². The predicted molar refractivity (Wildman–Crippen MR) is 111 cm³/mol. The molecule has 152 valence electrons. The van der Waals surface area contributed by atoms with Crippen LogP contribution in [0.2, 0.25) is 0 Å². The number of aryl methyl sites for hydroxylation is 3. The average Bonchev–Trinajstić information content (AvgIpc) is 3.15. The molecule has 1 amide bonds. The van der Waals surface area contributed by atoms with Crippen LogP contribution >= 0.6 is 11.3 Å². The number of carbonyl (C=O) groups excluding carboxylic acids is 1. The summed E-state index contributed by atoms with van der Waals surface area (Å²) in [7, 11) is -3.64. The molecule has 1 N–H and O–H groups in total. The number of amides is 1. The van der Waals surface area contributed by atoms with E-state index in [1.807, 2.05) is 24.4 Å². The summed E-state index contributed by atoms with van der Waals surface area (Å²) in [4.78, 5) is 21.0. The fourth-order valence-corrected chi connectivity index (χ4v) is 5.81. The third-order valence-corrected chi connectivity index (χ3v) is 7.42. The van der Waals surface area contributed by atoms with E-state index in [0.717, 1.165) is 34.9 Å². The molecular formula is C19H26N4O3S2. The monoisotopic (exact) mass is 422 g/mol. The van der Waals surface area contributed by atoms with Crippen molar-refractivity contribution in [2.24, 2.45) is 0 Å². The topological polar surface area (TPSA) is 82.6 Å². The second-order valence-electron chi connectivity index (χ2n) is 7.06. The fraction of sp³-hybridized carbons (Fsp3) is 0.474. The zero-order valence-electron chi connectivity index (χ0n) is 16.4. The molecule has 28 heavy (non-hydrogen) atoms. The number of anilines is 1. The molecule has 0 bridgehead atoms. The Kier molecular flexibility index (Phi) is 6.36. The molecule has 0 saturated carbocycles. The van der Waals surface area contributed by atoms with Crippen LogP contribution in [0.4, 0.5) is 5.13 Å². The highest BCUT2D eigenvalue weighted by atomic mass is 32.2. The summed E-state index contributed by atoms with van der Waals surface area (Å²) in [6, 6.07) is 3.71. The Morgan fingerprint density at radius 1 is 1.14 bits per heavy atom. The van der Waals surface area contributed by atoms with Crippen molar-refractivity contribution in [3.05, 3.63) is 40.4 Å². The normalized spacial score (nSPS) is 15.1. The summed E-state index contributed by atoms with van der Waals surface area (Å²) in [6.45, 7) is 8.36. The molecule has 1 aromatic carbocycles. The first-order valence-corrected chi connectivity index (χ1v) is 11.6. The number of nitrogens with one attached hydrogen (secondary N) is 1. The van der Waals surface area contributed by atoms with Gasteiger partial charge in [-0.3, -0.25) is 4.79 Å². The van der Waals surface area contributed by atoms with Crippen LogP contribution < -0.4 is 9.62 Å². The van der Waals surface area contributed by atoms with Crippen LogP contribution in [0.1, 0.15) is 23.1 Å². The lowest BCUT2D eigenvalue weighted by atomic mass is 10.1. The lowest BCUT2D eigenvalue weighted by Gasteiger charge is -2.34. The number of hydrogen-bond donors (Lipinski definition) is 1. The smallest absolute Gasteiger partial charge is 0.241 e. The number of rotatable bonds is 6. The second kappa shape index (κ2) is 8.59. The Balaban J connectivity index is 1.52. The molecule has 1 aliphatic rings. The van der Waals surface area contributed by atoms with Gasteiger partial charge in [0.1, 0.15) is 0 Å². The largest absolute Gasteiger partial charge is 0.345 e. The zero-order chi connectivity index (χ0) is 20.3. The summed E-state index contributed by atoms with van der Waals surface area (Å²) >= 11 is 1.59. The average molecular weight is 423 g/mol. The van der Waals surface area contributed by atoms with Crippen molar-refractivity contribution in [1.29, 1.82) is 0 Å². The summed E-state index contributed by atoms with van der Waals surface area (Å²) < 4.78 is 27.9. The molecule has 0 aliphatic carbocycles. The first-order valence-electron chi connectivity index (χ1n) is 9.27. The van der Waals surface area contributed by atoms with E-state index in [1.165, 1.54) is 0 Å². The second-order valence-corrected chi connectivity index (χ2v) is 9.63. The highest BCUT2D eigenvalue weighted by Gasteiger charge is 2.24. The van der Waals surface area contributed by atoms with Gasteiger partial charge in [0.25, 0.3) is 0 Å². The van der Waals surface area contributed by atoms with E-state index < -0.39 is 10.0 Å². The number of sulfonamides is 1. The van der Waals surface area contributed by atoms with E-state index in [0.29, 0.717) is 18.0 Å². The number of benzene rings is 1. The van der Waals surface area contributed by atoms with Gasteiger partial charge in [-0.2, -0.15) is 0 Å². The number of carbonyl (C=O) groups is 1. The van der Waals surface area contributed by atoms with Gasteiger partial charge in [0.2, 0.25) is 15.9 Å².